The molecule has 1 saturated heterocycles. The first-order valence-electron chi connectivity index (χ1n) is 7.77. The van der Waals surface area contributed by atoms with Crippen molar-refractivity contribution in [1.29, 1.82) is 0 Å². The molecule has 2 N–H and O–H groups in total. The van der Waals surface area contributed by atoms with Crippen molar-refractivity contribution in [3.63, 3.8) is 0 Å². The summed E-state index contributed by atoms with van der Waals surface area (Å²) >= 11 is 0. The highest BCUT2D eigenvalue weighted by atomic mass is 16.4. The van der Waals surface area contributed by atoms with Gasteiger partial charge >= 0.3 is 5.97 Å². The van der Waals surface area contributed by atoms with E-state index in [1.54, 1.807) is 0 Å². The minimum absolute atomic E-state index is 0.518. The first kappa shape index (κ1) is 15.0. The SMILES string of the molecule is CC(Cc1cccc2ccccc12)(C(=O)O)N1CCNCC1. The number of carbonyl (C=O) groups is 1. The Morgan fingerprint density at radius 2 is 1.86 bits per heavy atom. The summed E-state index contributed by atoms with van der Waals surface area (Å²) in [5.41, 5.74) is 0.230. The van der Waals surface area contributed by atoms with Crippen molar-refractivity contribution in [3.05, 3.63) is 48.0 Å². The largest absolute Gasteiger partial charge is 0.480 e. The normalized spacial score (nSPS) is 19.0. The maximum atomic E-state index is 12.0. The first-order chi connectivity index (χ1) is 10.6. The van der Waals surface area contributed by atoms with Gasteiger partial charge in [0, 0.05) is 32.6 Å². The van der Waals surface area contributed by atoms with E-state index in [0.717, 1.165) is 42.5 Å². The average molecular weight is 298 g/mol. The van der Waals surface area contributed by atoms with E-state index >= 15 is 0 Å². The van der Waals surface area contributed by atoms with Crippen LogP contribution >= 0.6 is 0 Å². The fourth-order valence-electron chi connectivity index (χ4n) is 3.30. The number of rotatable bonds is 4. The van der Waals surface area contributed by atoms with Gasteiger partial charge in [0.15, 0.2) is 0 Å². The Morgan fingerprint density at radius 1 is 1.18 bits per heavy atom. The average Bonchev–Trinajstić information content (AvgIpc) is 2.56. The van der Waals surface area contributed by atoms with E-state index < -0.39 is 11.5 Å². The predicted octanol–water partition coefficient (Wildman–Crippen LogP) is 2.13. The van der Waals surface area contributed by atoms with Gasteiger partial charge in [-0.1, -0.05) is 42.5 Å². The van der Waals surface area contributed by atoms with E-state index in [9.17, 15) is 9.90 Å². The Bertz CT molecular complexity index is 674. The zero-order chi connectivity index (χ0) is 15.6. The maximum absolute atomic E-state index is 12.0. The fraction of sp³-hybridized carbons (Fsp3) is 0.389. The summed E-state index contributed by atoms with van der Waals surface area (Å²) in [5, 5.41) is 15.4. The molecule has 1 heterocycles. The van der Waals surface area contributed by atoms with Gasteiger partial charge < -0.3 is 10.4 Å². The van der Waals surface area contributed by atoms with Crippen LogP contribution in [0.25, 0.3) is 10.8 Å². The van der Waals surface area contributed by atoms with Crippen LogP contribution in [0, 0.1) is 0 Å². The third-order valence-electron chi connectivity index (χ3n) is 4.69. The van der Waals surface area contributed by atoms with Crippen molar-refractivity contribution in [1.82, 2.24) is 10.2 Å². The van der Waals surface area contributed by atoms with Gasteiger partial charge in [0.1, 0.15) is 5.54 Å². The summed E-state index contributed by atoms with van der Waals surface area (Å²) < 4.78 is 0. The lowest BCUT2D eigenvalue weighted by Crippen LogP contribution is -2.59. The van der Waals surface area contributed by atoms with Crippen LogP contribution < -0.4 is 5.32 Å². The van der Waals surface area contributed by atoms with E-state index in [4.69, 9.17) is 0 Å². The Hall–Kier alpha value is -1.91. The number of benzene rings is 2. The zero-order valence-electron chi connectivity index (χ0n) is 12.9. The molecule has 116 valence electrons. The Morgan fingerprint density at radius 3 is 2.59 bits per heavy atom. The minimum Gasteiger partial charge on any atom is -0.480 e. The number of fused-ring (bicyclic) bond motifs is 1. The van der Waals surface area contributed by atoms with Gasteiger partial charge in [-0.3, -0.25) is 9.69 Å². The number of hydrogen-bond donors (Lipinski definition) is 2. The third kappa shape index (κ3) is 2.72. The van der Waals surface area contributed by atoms with Crippen molar-refractivity contribution in [3.8, 4) is 0 Å². The van der Waals surface area contributed by atoms with Crippen LogP contribution in [-0.4, -0.2) is 47.7 Å². The van der Waals surface area contributed by atoms with Crippen molar-refractivity contribution in [2.75, 3.05) is 26.2 Å². The quantitative estimate of drug-likeness (QED) is 0.908. The molecule has 4 heteroatoms. The maximum Gasteiger partial charge on any atom is 0.324 e. The van der Waals surface area contributed by atoms with Gasteiger partial charge in [-0.25, -0.2) is 0 Å². The Labute approximate surface area is 130 Å². The Balaban J connectivity index is 1.97. The van der Waals surface area contributed by atoms with E-state index in [1.165, 1.54) is 0 Å². The lowest BCUT2D eigenvalue weighted by atomic mass is 9.88. The van der Waals surface area contributed by atoms with Crippen molar-refractivity contribution in [2.45, 2.75) is 18.9 Å². The van der Waals surface area contributed by atoms with E-state index in [0.29, 0.717) is 6.42 Å². The number of piperazine rings is 1. The zero-order valence-corrected chi connectivity index (χ0v) is 12.9. The molecule has 3 rings (SSSR count). The predicted molar refractivity (Wildman–Crippen MR) is 88.1 cm³/mol. The molecule has 22 heavy (non-hydrogen) atoms. The molecule has 1 atom stereocenters. The molecule has 0 amide bonds. The van der Waals surface area contributed by atoms with Crippen molar-refractivity contribution < 1.29 is 9.90 Å². The molecule has 2 aromatic carbocycles. The molecule has 0 saturated carbocycles. The Kier molecular flexibility index (Phi) is 4.14. The lowest BCUT2D eigenvalue weighted by molar-refractivity contribution is -0.151. The van der Waals surface area contributed by atoms with Gasteiger partial charge in [0.2, 0.25) is 0 Å². The number of nitrogens with zero attached hydrogens (tertiary/aromatic N) is 1. The van der Waals surface area contributed by atoms with Crippen LogP contribution in [0.4, 0.5) is 0 Å². The van der Waals surface area contributed by atoms with Crippen LogP contribution in [0.15, 0.2) is 42.5 Å². The molecule has 2 aromatic rings. The van der Waals surface area contributed by atoms with E-state index in [1.807, 2.05) is 31.2 Å². The van der Waals surface area contributed by atoms with Gasteiger partial charge in [-0.05, 0) is 23.3 Å². The van der Waals surface area contributed by atoms with Gasteiger partial charge in [-0.15, -0.1) is 0 Å². The highest BCUT2D eigenvalue weighted by molar-refractivity contribution is 5.87. The molecule has 4 nitrogen and oxygen atoms in total. The smallest absolute Gasteiger partial charge is 0.324 e. The summed E-state index contributed by atoms with van der Waals surface area (Å²) in [6, 6.07) is 14.3. The van der Waals surface area contributed by atoms with Crippen molar-refractivity contribution >= 4 is 16.7 Å². The first-order valence-corrected chi connectivity index (χ1v) is 7.77. The fourth-order valence-corrected chi connectivity index (χ4v) is 3.30. The van der Waals surface area contributed by atoms with Gasteiger partial charge in [0.05, 0.1) is 0 Å². The number of hydrogen-bond acceptors (Lipinski definition) is 3. The summed E-state index contributed by atoms with van der Waals surface area (Å²) in [5.74, 6) is -0.748. The molecule has 0 aliphatic carbocycles. The summed E-state index contributed by atoms with van der Waals surface area (Å²) in [6.07, 6.45) is 0.518. The number of carboxylic acids is 1. The monoisotopic (exact) mass is 298 g/mol. The molecule has 0 aromatic heterocycles. The molecule has 1 aliphatic heterocycles. The van der Waals surface area contributed by atoms with Crippen LogP contribution in [0.2, 0.25) is 0 Å². The number of aliphatic carboxylic acids is 1. The highest BCUT2D eigenvalue weighted by Crippen LogP contribution is 2.27. The minimum atomic E-state index is -0.869. The van der Waals surface area contributed by atoms with Gasteiger partial charge in [0.25, 0.3) is 0 Å². The summed E-state index contributed by atoms with van der Waals surface area (Å²) in [6.45, 7) is 5.08. The number of carboxylic acid groups (broad SMARTS) is 1. The van der Waals surface area contributed by atoms with Crippen molar-refractivity contribution in [2.24, 2.45) is 0 Å². The van der Waals surface area contributed by atoms with Crippen LogP contribution in [0.5, 0.6) is 0 Å². The number of nitrogens with one attached hydrogen (secondary N) is 1. The molecule has 0 radical (unpaired) electrons. The van der Waals surface area contributed by atoms with Gasteiger partial charge in [-0.2, -0.15) is 0 Å². The summed E-state index contributed by atoms with van der Waals surface area (Å²) in [4.78, 5) is 14.1. The second-order valence-electron chi connectivity index (χ2n) is 6.13. The van der Waals surface area contributed by atoms with Crippen LogP contribution in [-0.2, 0) is 11.2 Å². The van der Waals surface area contributed by atoms with E-state index in [2.05, 4.69) is 28.4 Å². The standard InChI is InChI=1S/C18H22N2O2/c1-18(17(21)22,20-11-9-19-10-12-20)13-15-7-4-6-14-5-2-3-8-16(14)15/h2-8,19H,9-13H2,1H3,(H,21,22). The topological polar surface area (TPSA) is 52.6 Å². The van der Waals surface area contributed by atoms with Crippen LogP contribution in [0.1, 0.15) is 12.5 Å². The molecule has 0 bridgehead atoms. The molecular weight excluding hydrogens is 276 g/mol. The van der Waals surface area contributed by atoms with Crippen LogP contribution in [0.3, 0.4) is 0 Å². The second kappa shape index (κ2) is 6.07. The van der Waals surface area contributed by atoms with E-state index in [-0.39, 0.29) is 0 Å². The molecule has 0 spiro atoms. The second-order valence-corrected chi connectivity index (χ2v) is 6.13. The third-order valence-corrected chi connectivity index (χ3v) is 4.69. The molecule has 1 fully saturated rings. The molecule has 1 unspecified atom stereocenters. The lowest BCUT2D eigenvalue weighted by Gasteiger charge is -2.40. The molecule has 1 aliphatic rings. The summed E-state index contributed by atoms with van der Waals surface area (Å²) in [7, 11) is 0. The molecular formula is C18H22N2O2. The highest BCUT2D eigenvalue weighted by Gasteiger charge is 2.40.